The van der Waals surface area contributed by atoms with Crippen molar-refractivity contribution in [3.05, 3.63) is 63.7 Å². The monoisotopic (exact) mass is 459 g/mol. The maximum absolute atomic E-state index is 14.1. The number of carbonyl (C=O) groups is 2. The van der Waals surface area contributed by atoms with Gasteiger partial charge < -0.3 is 5.11 Å². The van der Waals surface area contributed by atoms with Crippen LogP contribution in [-0.4, -0.2) is 39.1 Å². The standard InChI is InChI=1S/C22H22FN3O3S2/c1-22(2,3)20-18-19(15-8-5-9-30-15)31-12-16(27)25(11-17(28)29)21(18)26(24-20)14-7-4-6-13(23)10-14/h4-10,19H,11-12H2,1-3H3,(H,28,29). The van der Waals surface area contributed by atoms with Gasteiger partial charge in [-0.3, -0.25) is 14.5 Å². The number of nitrogens with zero attached hydrogens (tertiary/aromatic N) is 3. The van der Waals surface area contributed by atoms with Crippen LogP contribution in [0, 0.1) is 5.82 Å². The highest BCUT2D eigenvalue weighted by atomic mass is 32.2. The van der Waals surface area contributed by atoms with Crippen LogP contribution < -0.4 is 4.90 Å². The number of carbonyl (C=O) groups excluding carboxylic acids is 1. The van der Waals surface area contributed by atoms with Crippen molar-refractivity contribution in [3.8, 4) is 5.69 Å². The molecular formula is C22H22FN3O3S2. The van der Waals surface area contributed by atoms with Crippen LogP contribution in [0.3, 0.4) is 0 Å². The largest absolute Gasteiger partial charge is 0.480 e. The molecule has 0 saturated heterocycles. The van der Waals surface area contributed by atoms with E-state index in [-0.39, 0.29) is 22.3 Å². The third-order valence-electron chi connectivity index (χ3n) is 4.95. The molecule has 0 bridgehead atoms. The van der Waals surface area contributed by atoms with Crippen LogP contribution >= 0.6 is 23.1 Å². The summed E-state index contributed by atoms with van der Waals surface area (Å²) in [6.45, 7) is 5.58. The molecule has 1 aliphatic heterocycles. The van der Waals surface area contributed by atoms with Crippen LogP contribution in [0.4, 0.5) is 10.2 Å². The van der Waals surface area contributed by atoms with E-state index in [1.807, 2.05) is 38.3 Å². The Morgan fingerprint density at radius 2 is 2.06 bits per heavy atom. The smallest absolute Gasteiger partial charge is 0.323 e. The Balaban J connectivity index is 2.07. The molecule has 1 amide bonds. The first kappa shape index (κ1) is 21.6. The number of carboxylic acid groups (broad SMARTS) is 1. The third-order valence-corrected chi connectivity index (χ3v) is 7.27. The van der Waals surface area contributed by atoms with Crippen LogP contribution in [0.15, 0.2) is 41.8 Å². The van der Waals surface area contributed by atoms with E-state index in [0.29, 0.717) is 11.5 Å². The Morgan fingerprint density at radius 3 is 2.68 bits per heavy atom. The first-order valence-corrected chi connectivity index (χ1v) is 11.7. The van der Waals surface area contributed by atoms with Crippen molar-refractivity contribution < 1.29 is 19.1 Å². The van der Waals surface area contributed by atoms with Gasteiger partial charge in [-0.25, -0.2) is 9.07 Å². The van der Waals surface area contributed by atoms with E-state index in [2.05, 4.69) is 0 Å². The Hall–Kier alpha value is -2.65. The lowest BCUT2D eigenvalue weighted by molar-refractivity contribution is -0.136. The lowest BCUT2D eigenvalue weighted by Crippen LogP contribution is -2.38. The molecule has 4 rings (SSSR count). The topological polar surface area (TPSA) is 75.4 Å². The Labute approximate surface area is 187 Å². The normalized spacial score (nSPS) is 16.8. The van der Waals surface area contributed by atoms with E-state index in [1.165, 1.54) is 33.5 Å². The number of fused-ring (bicyclic) bond motifs is 1. The molecule has 1 atom stereocenters. The summed E-state index contributed by atoms with van der Waals surface area (Å²) in [6, 6.07) is 9.90. The summed E-state index contributed by atoms with van der Waals surface area (Å²) in [5.41, 5.74) is 1.60. The lowest BCUT2D eigenvalue weighted by atomic mass is 9.88. The van der Waals surface area contributed by atoms with Crippen LogP contribution in [0.2, 0.25) is 0 Å². The molecule has 31 heavy (non-hydrogen) atoms. The summed E-state index contributed by atoms with van der Waals surface area (Å²) >= 11 is 3.05. The fourth-order valence-electron chi connectivity index (χ4n) is 3.66. The molecule has 3 aromatic rings. The molecular weight excluding hydrogens is 437 g/mol. The number of hydrogen-bond acceptors (Lipinski definition) is 5. The van der Waals surface area contributed by atoms with Crippen molar-refractivity contribution in [2.45, 2.75) is 31.4 Å². The second-order valence-corrected chi connectivity index (χ2v) is 10.4. The molecule has 1 aliphatic rings. The molecule has 0 saturated carbocycles. The van der Waals surface area contributed by atoms with E-state index in [1.54, 1.807) is 23.5 Å². The summed E-state index contributed by atoms with van der Waals surface area (Å²) in [5, 5.41) is 16.1. The number of thioether (sulfide) groups is 1. The van der Waals surface area contributed by atoms with E-state index in [9.17, 15) is 19.1 Å². The predicted octanol–water partition coefficient (Wildman–Crippen LogP) is 4.62. The minimum Gasteiger partial charge on any atom is -0.480 e. The molecule has 0 fully saturated rings. The zero-order chi connectivity index (χ0) is 22.3. The van der Waals surface area contributed by atoms with Gasteiger partial charge in [-0.05, 0) is 29.6 Å². The van der Waals surface area contributed by atoms with Gasteiger partial charge in [0.05, 0.1) is 22.4 Å². The second kappa shape index (κ2) is 8.12. The third kappa shape index (κ3) is 4.12. The molecule has 2 aromatic heterocycles. The number of rotatable bonds is 4. The molecule has 6 nitrogen and oxygen atoms in total. The molecule has 1 unspecified atom stereocenters. The second-order valence-electron chi connectivity index (χ2n) is 8.31. The SMILES string of the molecule is CC(C)(C)c1nn(-c2cccc(F)c2)c2c1C(c1cccs1)SCC(=O)N2CC(=O)O. The van der Waals surface area contributed by atoms with Crippen LogP contribution in [-0.2, 0) is 15.0 Å². The molecule has 0 radical (unpaired) electrons. The number of amides is 1. The van der Waals surface area contributed by atoms with Gasteiger partial charge in [0.2, 0.25) is 5.91 Å². The highest BCUT2D eigenvalue weighted by molar-refractivity contribution is 8.00. The number of benzene rings is 1. The number of aliphatic carboxylic acids is 1. The molecule has 1 aromatic carbocycles. The molecule has 9 heteroatoms. The minimum absolute atomic E-state index is 0.136. The van der Waals surface area contributed by atoms with Crippen molar-refractivity contribution >= 4 is 40.8 Å². The van der Waals surface area contributed by atoms with Gasteiger partial charge in [-0.1, -0.05) is 32.9 Å². The van der Waals surface area contributed by atoms with E-state index in [4.69, 9.17) is 5.10 Å². The highest BCUT2D eigenvalue weighted by Gasteiger charge is 2.40. The maximum atomic E-state index is 14.1. The summed E-state index contributed by atoms with van der Waals surface area (Å²) in [5.74, 6) is -1.34. The van der Waals surface area contributed by atoms with Gasteiger partial charge in [0, 0.05) is 15.9 Å². The van der Waals surface area contributed by atoms with Gasteiger partial charge in [0.15, 0.2) is 0 Å². The van der Waals surface area contributed by atoms with Crippen molar-refractivity contribution in [3.63, 3.8) is 0 Å². The number of hydrogen-bond donors (Lipinski definition) is 1. The number of thiophene rings is 1. The average Bonchev–Trinajstić information content (AvgIpc) is 3.32. The minimum atomic E-state index is -1.12. The number of halogens is 1. The first-order chi connectivity index (χ1) is 14.7. The van der Waals surface area contributed by atoms with Crippen molar-refractivity contribution in [1.29, 1.82) is 0 Å². The van der Waals surface area contributed by atoms with Crippen LogP contribution in [0.1, 0.15) is 42.2 Å². The van der Waals surface area contributed by atoms with Gasteiger partial charge in [-0.15, -0.1) is 23.1 Å². The van der Waals surface area contributed by atoms with Crippen molar-refractivity contribution in [1.82, 2.24) is 9.78 Å². The van der Waals surface area contributed by atoms with Crippen molar-refractivity contribution in [2.24, 2.45) is 0 Å². The molecule has 3 heterocycles. The maximum Gasteiger partial charge on any atom is 0.323 e. The summed E-state index contributed by atoms with van der Waals surface area (Å²) < 4.78 is 15.6. The molecule has 162 valence electrons. The van der Waals surface area contributed by atoms with E-state index >= 15 is 0 Å². The highest BCUT2D eigenvalue weighted by Crippen LogP contribution is 2.49. The Bertz CT molecular complexity index is 1140. The summed E-state index contributed by atoms with van der Waals surface area (Å²) in [6.07, 6.45) is 0. The van der Waals surface area contributed by atoms with Crippen molar-refractivity contribution in [2.75, 3.05) is 17.2 Å². The Morgan fingerprint density at radius 1 is 1.29 bits per heavy atom. The van der Waals surface area contributed by atoms with Gasteiger partial charge in [0.25, 0.3) is 0 Å². The zero-order valence-electron chi connectivity index (χ0n) is 17.3. The fraction of sp³-hybridized carbons (Fsp3) is 0.318. The fourth-order valence-corrected chi connectivity index (χ4v) is 5.84. The van der Waals surface area contributed by atoms with Crippen LogP contribution in [0.25, 0.3) is 5.69 Å². The van der Waals surface area contributed by atoms with Gasteiger partial charge >= 0.3 is 5.97 Å². The first-order valence-electron chi connectivity index (χ1n) is 9.73. The van der Waals surface area contributed by atoms with E-state index < -0.39 is 18.3 Å². The Kier molecular flexibility index (Phi) is 5.65. The summed E-state index contributed by atoms with van der Waals surface area (Å²) in [4.78, 5) is 27.1. The molecule has 0 spiro atoms. The number of carboxylic acids is 1. The average molecular weight is 460 g/mol. The lowest BCUT2D eigenvalue weighted by Gasteiger charge is -2.23. The molecule has 0 aliphatic carbocycles. The zero-order valence-corrected chi connectivity index (χ0v) is 19.0. The predicted molar refractivity (Wildman–Crippen MR) is 121 cm³/mol. The number of aromatic nitrogens is 2. The molecule has 1 N–H and O–H groups in total. The van der Waals surface area contributed by atoms with Crippen LogP contribution in [0.5, 0.6) is 0 Å². The quantitative estimate of drug-likeness (QED) is 0.616. The van der Waals surface area contributed by atoms with Gasteiger partial charge in [-0.2, -0.15) is 5.10 Å². The summed E-state index contributed by atoms with van der Waals surface area (Å²) in [7, 11) is 0. The number of anilines is 1. The van der Waals surface area contributed by atoms with E-state index in [0.717, 1.165) is 16.1 Å². The van der Waals surface area contributed by atoms with Gasteiger partial charge in [0.1, 0.15) is 18.2 Å².